The van der Waals surface area contributed by atoms with Crippen molar-refractivity contribution in [2.24, 2.45) is 0 Å². The highest BCUT2D eigenvalue weighted by Gasteiger charge is 2.33. The summed E-state index contributed by atoms with van der Waals surface area (Å²) in [6, 6.07) is 12.5. The lowest BCUT2D eigenvalue weighted by atomic mass is 9.88. The normalized spacial score (nSPS) is 18.2. The van der Waals surface area contributed by atoms with Crippen LogP contribution in [0.5, 0.6) is 5.75 Å². The van der Waals surface area contributed by atoms with Gasteiger partial charge in [-0.2, -0.15) is 10.2 Å². The van der Waals surface area contributed by atoms with Gasteiger partial charge in [-0.25, -0.2) is 4.79 Å². The van der Waals surface area contributed by atoms with E-state index in [0.717, 1.165) is 30.0 Å². The molecule has 1 aliphatic rings. The number of hydrogen-bond acceptors (Lipinski definition) is 6. The molecule has 1 aromatic carbocycles. The lowest BCUT2D eigenvalue weighted by Crippen LogP contribution is -2.51. The fraction of sp³-hybridized carbons (Fsp3) is 0.304. The van der Waals surface area contributed by atoms with Crippen molar-refractivity contribution >= 4 is 29.0 Å². The second kappa shape index (κ2) is 9.82. The highest BCUT2D eigenvalue weighted by atomic mass is 35.5. The highest BCUT2D eigenvalue weighted by Crippen LogP contribution is 2.31. The molecule has 0 aliphatic carbocycles. The Balaban J connectivity index is 1.53. The molecule has 1 saturated heterocycles. The van der Waals surface area contributed by atoms with Crippen molar-refractivity contribution in [1.29, 1.82) is 0 Å². The fourth-order valence-corrected chi connectivity index (χ4v) is 4.10. The average molecular weight is 453 g/mol. The first-order valence-corrected chi connectivity index (χ1v) is 10.8. The molecule has 166 valence electrons. The molecule has 32 heavy (non-hydrogen) atoms. The number of anilines is 2. The van der Waals surface area contributed by atoms with Crippen LogP contribution in [-0.2, 0) is 0 Å². The number of rotatable bonds is 5. The van der Waals surface area contributed by atoms with Gasteiger partial charge in [0.05, 0.1) is 30.9 Å². The van der Waals surface area contributed by atoms with Crippen LogP contribution in [0, 0.1) is 6.92 Å². The molecule has 0 bridgehead atoms. The Morgan fingerprint density at radius 1 is 1.19 bits per heavy atom. The first kappa shape index (κ1) is 21.8. The summed E-state index contributed by atoms with van der Waals surface area (Å²) in [5.74, 6) is 0.679. The standard InChI is InChI=1S/C23H25ClN6O2/c1-15-22(9-11-26-29-15)30-12-10-21(19(14-30)20-8-7-18(32-2)13-25-20)28-23(31)27-17-5-3-16(24)4-6-17/h3-9,11,13,19,21H,10,12,14H2,1-2H3,(H2,27,28,31). The minimum atomic E-state index is -0.258. The Hall–Kier alpha value is -3.39. The Bertz CT molecular complexity index is 1060. The number of aryl methyl sites for hydroxylation is 1. The van der Waals surface area contributed by atoms with Crippen LogP contribution in [0.25, 0.3) is 0 Å². The van der Waals surface area contributed by atoms with Crippen molar-refractivity contribution in [3.05, 3.63) is 71.3 Å². The van der Waals surface area contributed by atoms with Crippen LogP contribution in [0.1, 0.15) is 23.7 Å². The third-order valence-corrected chi connectivity index (χ3v) is 5.88. The van der Waals surface area contributed by atoms with Crippen LogP contribution in [0.2, 0.25) is 5.02 Å². The molecular formula is C23H25ClN6O2. The van der Waals surface area contributed by atoms with Crippen molar-refractivity contribution in [3.8, 4) is 5.75 Å². The number of nitrogens with zero attached hydrogens (tertiary/aromatic N) is 4. The van der Waals surface area contributed by atoms with Crippen LogP contribution in [-0.4, -0.2) is 47.5 Å². The minimum Gasteiger partial charge on any atom is -0.495 e. The van der Waals surface area contributed by atoms with Crippen LogP contribution in [0.15, 0.2) is 54.9 Å². The maximum Gasteiger partial charge on any atom is 0.319 e. The first-order chi connectivity index (χ1) is 15.5. The first-order valence-electron chi connectivity index (χ1n) is 10.4. The second-order valence-electron chi connectivity index (χ2n) is 7.68. The monoisotopic (exact) mass is 452 g/mol. The molecule has 4 rings (SSSR count). The molecule has 8 nitrogen and oxygen atoms in total. The Morgan fingerprint density at radius 3 is 2.69 bits per heavy atom. The number of hydrogen-bond donors (Lipinski definition) is 2. The van der Waals surface area contributed by atoms with E-state index in [4.69, 9.17) is 16.3 Å². The van der Waals surface area contributed by atoms with E-state index in [1.165, 1.54) is 0 Å². The Labute approximate surface area is 192 Å². The molecule has 3 aromatic rings. The molecule has 2 amide bonds. The topological polar surface area (TPSA) is 92.3 Å². The van der Waals surface area contributed by atoms with Crippen LogP contribution >= 0.6 is 11.6 Å². The van der Waals surface area contributed by atoms with Crippen molar-refractivity contribution in [2.75, 3.05) is 30.4 Å². The molecule has 2 atom stereocenters. The summed E-state index contributed by atoms with van der Waals surface area (Å²) in [4.78, 5) is 19.6. The molecule has 0 spiro atoms. The van der Waals surface area contributed by atoms with E-state index in [1.54, 1.807) is 43.8 Å². The summed E-state index contributed by atoms with van der Waals surface area (Å²) < 4.78 is 5.25. The Kier molecular flexibility index (Phi) is 6.70. The number of carbonyl (C=O) groups excluding carboxylic acids is 1. The smallest absolute Gasteiger partial charge is 0.319 e. The number of ether oxygens (including phenoxy) is 1. The average Bonchev–Trinajstić information content (AvgIpc) is 2.81. The fourth-order valence-electron chi connectivity index (χ4n) is 3.97. The van der Waals surface area contributed by atoms with Gasteiger partial charge in [0, 0.05) is 41.5 Å². The molecule has 2 N–H and O–H groups in total. The van der Waals surface area contributed by atoms with Crippen molar-refractivity contribution in [2.45, 2.75) is 25.3 Å². The number of nitrogens with one attached hydrogen (secondary N) is 2. The van der Waals surface area contributed by atoms with E-state index in [2.05, 4.69) is 30.7 Å². The maximum absolute atomic E-state index is 12.7. The lowest BCUT2D eigenvalue weighted by Gasteiger charge is -2.40. The largest absolute Gasteiger partial charge is 0.495 e. The van der Waals surface area contributed by atoms with Crippen LogP contribution in [0.3, 0.4) is 0 Å². The van der Waals surface area contributed by atoms with Gasteiger partial charge < -0.3 is 20.3 Å². The van der Waals surface area contributed by atoms with E-state index < -0.39 is 0 Å². The van der Waals surface area contributed by atoms with Gasteiger partial charge in [-0.3, -0.25) is 4.98 Å². The van der Waals surface area contributed by atoms with Gasteiger partial charge in [0.15, 0.2) is 0 Å². The molecule has 0 saturated carbocycles. The summed E-state index contributed by atoms with van der Waals surface area (Å²) >= 11 is 5.93. The van der Waals surface area contributed by atoms with E-state index >= 15 is 0 Å². The summed E-state index contributed by atoms with van der Waals surface area (Å²) in [6.45, 7) is 3.43. The van der Waals surface area contributed by atoms with Crippen LogP contribution in [0.4, 0.5) is 16.2 Å². The Morgan fingerprint density at radius 2 is 2.00 bits per heavy atom. The summed E-state index contributed by atoms with van der Waals surface area (Å²) in [5.41, 5.74) is 3.50. The molecule has 0 radical (unpaired) electrons. The predicted molar refractivity (Wildman–Crippen MR) is 125 cm³/mol. The number of benzene rings is 1. The lowest BCUT2D eigenvalue weighted by molar-refractivity contribution is 0.243. The van der Waals surface area contributed by atoms with E-state index in [1.807, 2.05) is 25.1 Å². The van der Waals surface area contributed by atoms with E-state index in [9.17, 15) is 4.79 Å². The number of piperidine rings is 1. The zero-order valence-corrected chi connectivity index (χ0v) is 18.7. The van der Waals surface area contributed by atoms with Crippen LogP contribution < -0.4 is 20.3 Å². The number of aromatic nitrogens is 3. The van der Waals surface area contributed by atoms with Gasteiger partial charge in [0.1, 0.15) is 5.75 Å². The second-order valence-corrected chi connectivity index (χ2v) is 8.11. The number of halogens is 1. The molecule has 2 unspecified atom stereocenters. The third kappa shape index (κ3) is 5.08. The van der Waals surface area contributed by atoms with Crippen molar-refractivity contribution in [3.63, 3.8) is 0 Å². The molecule has 2 aromatic heterocycles. The van der Waals surface area contributed by atoms with E-state index in [-0.39, 0.29) is 18.0 Å². The number of amides is 2. The summed E-state index contributed by atoms with van der Waals surface area (Å²) in [6.07, 6.45) is 4.17. The molecule has 1 aliphatic heterocycles. The molecule has 9 heteroatoms. The minimum absolute atomic E-state index is 0.0156. The zero-order valence-electron chi connectivity index (χ0n) is 18.0. The molecular weight excluding hydrogens is 428 g/mol. The zero-order chi connectivity index (χ0) is 22.5. The summed E-state index contributed by atoms with van der Waals surface area (Å²) in [7, 11) is 1.61. The molecule has 1 fully saturated rings. The number of carbonyl (C=O) groups is 1. The number of pyridine rings is 1. The number of urea groups is 1. The van der Waals surface area contributed by atoms with Gasteiger partial charge in [0.25, 0.3) is 0 Å². The summed E-state index contributed by atoms with van der Waals surface area (Å²) in [5, 5.41) is 14.8. The highest BCUT2D eigenvalue weighted by molar-refractivity contribution is 6.30. The van der Waals surface area contributed by atoms with Gasteiger partial charge in [0.2, 0.25) is 0 Å². The maximum atomic E-state index is 12.7. The SMILES string of the molecule is COc1ccc(C2CN(c3ccnnc3C)CCC2NC(=O)Nc2ccc(Cl)cc2)nc1. The van der Waals surface area contributed by atoms with E-state index in [0.29, 0.717) is 23.0 Å². The molecule has 3 heterocycles. The quantitative estimate of drug-likeness (QED) is 0.607. The number of methoxy groups -OCH3 is 1. The van der Waals surface area contributed by atoms with Crippen molar-refractivity contribution in [1.82, 2.24) is 20.5 Å². The predicted octanol–water partition coefficient (Wildman–Crippen LogP) is 4.03. The van der Waals surface area contributed by atoms with Gasteiger partial charge in [-0.15, -0.1) is 0 Å². The van der Waals surface area contributed by atoms with Gasteiger partial charge in [-0.1, -0.05) is 11.6 Å². The van der Waals surface area contributed by atoms with Gasteiger partial charge >= 0.3 is 6.03 Å². The van der Waals surface area contributed by atoms with Crippen molar-refractivity contribution < 1.29 is 9.53 Å². The van der Waals surface area contributed by atoms with Gasteiger partial charge in [-0.05, 0) is 55.8 Å². The third-order valence-electron chi connectivity index (χ3n) is 5.62.